The molecule has 2 N–H and O–H groups in total. The quantitative estimate of drug-likeness (QED) is 0.232. The van der Waals surface area contributed by atoms with E-state index >= 15 is 0 Å². The lowest BCUT2D eigenvalue weighted by molar-refractivity contribution is -0.116. The Bertz CT molecular complexity index is 1350. The van der Waals surface area contributed by atoms with Gasteiger partial charge in [0, 0.05) is 10.4 Å². The Morgan fingerprint density at radius 1 is 0.800 bits per heavy atom. The number of hydrogen-bond acceptors (Lipinski definition) is 6. The van der Waals surface area contributed by atoms with Crippen LogP contribution in [0.1, 0.15) is 28.4 Å². The lowest BCUT2D eigenvalue weighted by Gasteiger charge is -2.19. The Morgan fingerprint density at radius 2 is 1.46 bits per heavy atom. The van der Waals surface area contributed by atoms with Crippen LogP contribution in [0.2, 0.25) is 0 Å². The topological polar surface area (TPSA) is 71.1 Å². The fourth-order valence-corrected chi connectivity index (χ4v) is 6.29. The second kappa shape index (κ2) is 10.8. The van der Waals surface area contributed by atoms with Crippen molar-refractivity contribution in [3.05, 3.63) is 107 Å². The van der Waals surface area contributed by atoms with Crippen molar-refractivity contribution in [1.82, 2.24) is 10.3 Å². The summed E-state index contributed by atoms with van der Waals surface area (Å²) in [6.45, 7) is 0. The molecule has 2 aromatic carbocycles. The van der Waals surface area contributed by atoms with E-state index in [1.54, 1.807) is 34.8 Å². The molecule has 0 saturated heterocycles. The Balaban J connectivity index is 1.36. The van der Waals surface area contributed by atoms with E-state index < -0.39 is 6.04 Å². The molecule has 0 unspecified atom stereocenters. The van der Waals surface area contributed by atoms with Crippen LogP contribution in [-0.2, 0) is 4.79 Å². The first-order valence-corrected chi connectivity index (χ1v) is 13.5. The summed E-state index contributed by atoms with van der Waals surface area (Å²) < 4.78 is 0. The van der Waals surface area contributed by atoms with Crippen molar-refractivity contribution in [2.75, 3.05) is 5.32 Å². The van der Waals surface area contributed by atoms with Crippen LogP contribution < -0.4 is 10.6 Å². The summed E-state index contributed by atoms with van der Waals surface area (Å²) in [5, 5.41) is 10.6. The summed E-state index contributed by atoms with van der Waals surface area (Å²) in [6, 6.07) is 26.2. The molecule has 0 aliphatic heterocycles. The smallest absolute Gasteiger partial charge is 0.251 e. The molecule has 3 aromatic heterocycles. The highest BCUT2D eigenvalue weighted by atomic mass is 32.1. The number of carbonyl (C=O) groups is 2. The zero-order valence-electron chi connectivity index (χ0n) is 18.5. The molecule has 35 heavy (non-hydrogen) atoms. The van der Waals surface area contributed by atoms with Gasteiger partial charge in [-0.25, -0.2) is 4.98 Å². The number of rotatable bonds is 8. The highest BCUT2D eigenvalue weighted by molar-refractivity contribution is 7.24. The largest absolute Gasteiger partial charge is 0.345 e. The number of anilines is 1. The van der Waals surface area contributed by atoms with E-state index in [9.17, 15) is 9.59 Å². The molecule has 174 valence electrons. The molecule has 5 aromatic rings. The van der Waals surface area contributed by atoms with Gasteiger partial charge in [-0.1, -0.05) is 72.0 Å². The van der Waals surface area contributed by atoms with Crippen molar-refractivity contribution in [3.63, 3.8) is 0 Å². The maximum absolute atomic E-state index is 13.1. The monoisotopic (exact) mass is 515 g/mol. The third-order valence-electron chi connectivity index (χ3n) is 5.31. The van der Waals surface area contributed by atoms with Gasteiger partial charge in [0.05, 0.1) is 22.2 Å². The lowest BCUT2D eigenvalue weighted by Crippen LogP contribution is -2.31. The van der Waals surface area contributed by atoms with Crippen LogP contribution in [0.25, 0.3) is 20.3 Å². The molecule has 0 bridgehead atoms. The van der Waals surface area contributed by atoms with Crippen LogP contribution >= 0.6 is 34.0 Å². The highest BCUT2D eigenvalue weighted by Crippen LogP contribution is 2.42. The van der Waals surface area contributed by atoms with Crippen molar-refractivity contribution in [2.24, 2.45) is 0 Å². The van der Waals surface area contributed by atoms with Gasteiger partial charge in [0.1, 0.15) is 5.69 Å². The maximum Gasteiger partial charge on any atom is 0.251 e. The number of thiophene rings is 2. The van der Waals surface area contributed by atoms with E-state index in [0.29, 0.717) is 10.7 Å². The van der Waals surface area contributed by atoms with Crippen molar-refractivity contribution in [2.45, 2.75) is 12.5 Å². The van der Waals surface area contributed by atoms with Crippen LogP contribution in [0.15, 0.2) is 95.7 Å². The average molecular weight is 516 g/mol. The third kappa shape index (κ3) is 5.57. The second-order valence-electron chi connectivity index (χ2n) is 7.71. The van der Waals surface area contributed by atoms with Gasteiger partial charge in [-0.15, -0.1) is 22.7 Å². The molecule has 5 rings (SSSR count). The minimum absolute atomic E-state index is 0.0881. The molecule has 0 saturated carbocycles. The molecule has 0 aliphatic rings. The van der Waals surface area contributed by atoms with Crippen molar-refractivity contribution >= 4 is 51.0 Å². The number of nitrogens with one attached hydrogen (secondary N) is 2. The number of aromatic nitrogens is 1. The minimum atomic E-state index is -0.475. The molecule has 0 aliphatic carbocycles. The van der Waals surface area contributed by atoms with E-state index in [1.165, 1.54) is 11.3 Å². The van der Waals surface area contributed by atoms with Gasteiger partial charge in [-0.3, -0.25) is 9.59 Å². The number of benzene rings is 2. The molecule has 8 heteroatoms. The summed E-state index contributed by atoms with van der Waals surface area (Å²) in [6.07, 6.45) is 0.0881. The molecule has 5 nitrogen and oxygen atoms in total. The number of thiazole rings is 1. The number of amides is 2. The fourth-order valence-electron chi connectivity index (χ4n) is 3.65. The van der Waals surface area contributed by atoms with Gasteiger partial charge in [0.15, 0.2) is 5.13 Å². The molecule has 0 fully saturated rings. The van der Waals surface area contributed by atoms with E-state index in [-0.39, 0.29) is 18.2 Å². The lowest BCUT2D eigenvalue weighted by atomic mass is 10.0. The first kappa shape index (κ1) is 23.2. The summed E-state index contributed by atoms with van der Waals surface area (Å²) in [5.74, 6) is -0.433. The van der Waals surface area contributed by atoms with E-state index in [1.807, 2.05) is 77.5 Å². The predicted molar refractivity (Wildman–Crippen MR) is 145 cm³/mol. The number of nitrogens with zero attached hydrogens (tertiary/aromatic N) is 1. The molecule has 2 amide bonds. The number of carbonyl (C=O) groups excluding carboxylic acids is 2. The molecular weight excluding hydrogens is 495 g/mol. The molecule has 3 heterocycles. The first-order chi connectivity index (χ1) is 17.2. The van der Waals surface area contributed by atoms with Gasteiger partial charge >= 0.3 is 0 Å². The average Bonchev–Trinajstić information content (AvgIpc) is 3.66. The van der Waals surface area contributed by atoms with Crippen molar-refractivity contribution < 1.29 is 9.59 Å². The van der Waals surface area contributed by atoms with Crippen molar-refractivity contribution in [1.29, 1.82) is 0 Å². The van der Waals surface area contributed by atoms with Crippen LogP contribution in [0.5, 0.6) is 0 Å². The molecule has 0 radical (unpaired) electrons. The summed E-state index contributed by atoms with van der Waals surface area (Å²) in [7, 11) is 0. The first-order valence-electron chi connectivity index (χ1n) is 11.0. The fraction of sp³-hybridized carbons (Fsp3) is 0.0741. The predicted octanol–water partition coefficient (Wildman–Crippen LogP) is 7.10. The van der Waals surface area contributed by atoms with Gasteiger partial charge in [0.2, 0.25) is 5.91 Å². The summed E-state index contributed by atoms with van der Waals surface area (Å²) in [4.78, 5) is 33.9. The Morgan fingerprint density at radius 3 is 2.11 bits per heavy atom. The van der Waals surface area contributed by atoms with Crippen LogP contribution in [0.3, 0.4) is 0 Å². The molecular formula is C27H21N3O2S3. The van der Waals surface area contributed by atoms with Gasteiger partial charge in [-0.05, 0) is 40.6 Å². The zero-order chi connectivity index (χ0) is 24.0. The number of hydrogen-bond donors (Lipinski definition) is 2. The molecule has 0 spiro atoms. The second-order valence-corrected chi connectivity index (χ2v) is 10.6. The van der Waals surface area contributed by atoms with Gasteiger partial charge in [0.25, 0.3) is 5.91 Å². The Kier molecular flexibility index (Phi) is 7.13. The standard InChI is InChI=1S/C27H21N3O2S3/c31-23(17-20(18-9-3-1-4-10-18)28-26(32)19-11-5-2-6-12-19)29-27-30-24(21-13-7-15-33-21)25(35-27)22-14-8-16-34-22/h1-16,20H,17H2,(H,28,32)(H,29,30,31)/t20-/m1/s1. The zero-order valence-corrected chi connectivity index (χ0v) is 21.0. The van der Waals surface area contributed by atoms with Gasteiger partial charge < -0.3 is 10.6 Å². The SMILES string of the molecule is O=C(C[C@@H](NC(=O)c1ccccc1)c1ccccc1)Nc1nc(-c2cccs2)c(-c2cccs2)s1. The third-order valence-corrected chi connectivity index (χ3v) is 8.20. The van der Waals surface area contributed by atoms with Crippen LogP contribution in [0, 0.1) is 0 Å². The van der Waals surface area contributed by atoms with Gasteiger partial charge in [-0.2, -0.15) is 0 Å². The van der Waals surface area contributed by atoms with Crippen LogP contribution in [0.4, 0.5) is 5.13 Å². The van der Waals surface area contributed by atoms with E-state index in [4.69, 9.17) is 4.98 Å². The Hall–Kier alpha value is -3.59. The summed E-state index contributed by atoms with van der Waals surface area (Å²) in [5.41, 5.74) is 2.29. The van der Waals surface area contributed by atoms with E-state index in [2.05, 4.69) is 16.7 Å². The maximum atomic E-state index is 13.1. The van der Waals surface area contributed by atoms with E-state index in [0.717, 1.165) is 25.9 Å². The summed E-state index contributed by atoms with van der Waals surface area (Å²) >= 11 is 4.73. The molecule has 1 atom stereocenters. The highest BCUT2D eigenvalue weighted by Gasteiger charge is 2.22. The van der Waals surface area contributed by atoms with Crippen LogP contribution in [-0.4, -0.2) is 16.8 Å². The van der Waals surface area contributed by atoms with Crippen molar-refractivity contribution in [3.8, 4) is 20.3 Å². The Labute approximate surface area is 215 Å². The minimum Gasteiger partial charge on any atom is -0.345 e. The normalized spacial score (nSPS) is 11.7.